The van der Waals surface area contributed by atoms with Gasteiger partial charge in [0.15, 0.2) is 4.34 Å². The van der Waals surface area contributed by atoms with E-state index in [4.69, 9.17) is 4.74 Å². The van der Waals surface area contributed by atoms with E-state index in [1.807, 2.05) is 0 Å². The minimum Gasteiger partial charge on any atom is -0.462 e. The van der Waals surface area contributed by atoms with E-state index in [-0.39, 0.29) is 34.6 Å². The van der Waals surface area contributed by atoms with Crippen molar-refractivity contribution in [1.29, 1.82) is 0 Å². The highest BCUT2D eigenvalue weighted by Crippen LogP contribution is 2.26. The van der Waals surface area contributed by atoms with Gasteiger partial charge in [0.1, 0.15) is 0 Å². The molecule has 0 spiro atoms. The van der Waals surface area contributed by atoms with Gasteiger partial charge < -0.3 is 10.1 Å². The molecule has 170 valence electrons. The molecular weight excluding hydrogens is 470 g/mol. The molecule has 0 atom stereocenters. The third kappa shape index (κ3) is 6.82. The number of hydrogen-bond acceptors (Lipinski definition) is 10. The number of carbonyl (C=O) groups is 3. The largest absolute Gasteiger partial charge is 0.462 e. The maximum absolute atomic E-state index is 12.2. The molecule has 13 heteroatoms. The molecule has 0 aliphatic carbocycles. The first-order valence-corrected chi connectivity index (χ1v) is 11.2. The molecule has 2 N–H and O–H groups in total. The zero-order valence-electron chi connectivity index (χ0n) is 17.1. The van der Waals surface area contributed by atoms with Crippen molar-refractivity contribution in [3.05, 3.63) is 69.8 Å². The normalized spacial score (nSPS) is 10.3. The number of hydrogen-bond donors (Lipinski definition) is 2. The van der Waals surface area contributed by atoms with Crippen molar-refractivity contribution >= 4 is 57.4 Å². The van der Waals surface area contributed by atoms with Crippen LogP contribution in [-0.4, -0.2) is 45.3 Å². The lowest BCUT2D eigenvalue weighted by atomic mass is 10.2. The Hall–Kier alpha value is -3.84. The van der Waals surface area contributed by atoms with Crippen molar-refractivity contribution < 1.29 is 24.0 Å². The Balaban J connectivity index is 1.48. The van der Waals surface area contributed by atoms with E-state index in [1.54, 1.807) is 31.2 Å². The maximum atomic E-state index is 12.2. The van der Waals surface area contributed by atoms with Crippen LogP contribution in [0, 0.1) is 10.1 Å². The van der Waals surface area contributed by atoms with Gasteiger partial charge in [0.05, 0.1) is 22.8 Å². The van der Waals surface area contributed by atoms with E-state index in [0.717, 1.165) is 23.1 Å². The van der Waals surface area contributed by atoms with Crippen LogP contribution in [0.4, 0.5) is 16.5 Å². The molecule has 0 saturated heterocycles. The lowest BCUT2D eigenvalue weighted by molar-refractivity contribution is -0.384. The second kappa shape index (κ2) is 11.2. The fourth-order valence-electron chi connectivity index (χ4n) is 2.45. The minimum absolute atomic E-state index is 0.0601. The van der Waals surface area contributed by atoms with Gasteiger partial charge in [-0.15, -0.1) is 10.2 Å². The van der Waals surface area contributed by atoms with Gasteiger partial charge in [0.25, 0.3) is 11.6 Å². The Kier molecular flexibility index (Phi) is 8.05. The second-order valence-electron chi connectivity index (χ2n) is 6.27. The zero-order chi connectivity index (χ0) is 23.8. The summed E-state index contributed by atoms with van der Waals surface area (Å²) in [6.45, 7) is 2.00. The number of nitro benzene ring substituents is 1. The van der Waals surface area contributed by atoms with Crippen molar-refractivity contribution in [2.75, 3.05) is 23.0 Å². The molecule has 1 heterocycles. The van der Waals surface area contributed by atoms with Gasteiger partial charge in [-0.2, -0.15) is 0 Å². The molecule has 0 aliphatic heterocycles. The quantitative estimate of drug-likeness (QED) is 0.151. The van der Waals surface area contributed by atoms with Crippen LogP contribution in [0.5, 0.6) is 0 Å². The van der Waals surface area contributed by atoms with Crippen LogP contribution in [-0.2, 0) is 9.53 Å². The van der Waals surface area contributed by atoms with E-state index in [1.165, 1.54) is 24.3 Å². The van der Waals surface area contributed by atoms with Crippen molar-refractivity contribution in [1.82, 2.24) is 10.2 Å². The summed E-state index contributed by atoms with van der Waals surface area (Å²) in [5, 5.41) is 24.0. The Bertz CT molecular complexity index is 1160. The number of esters is 1. The highest BCUT2D eigenvalue weighted by Gasteiger charge is 2.14. The smallest absolute Gasteiger partial charge is 0.338 e. The fraction of sp³-hybridized carbons (Fsp3) is 0.150. The predicted octanol–water partition coefficient (Wildman–Crippen LogP) is 3.61. The SMILES string of the molecule is CCOC(=O)c1ccc(NC(=O)CSc2nnc(NC(=O)c3ccc([N+](=O)[O-])cc3)s2)cc1. The van der Waals surface area contributed by atoms with Crippen molar-refractivity contribution in [3.8, 4) is 0 Å². The fourth-order valence-corrected chi connectivity index (χ4v) is 4.00. The number of rotatable bonds is 9. The summed E-state index contributed by atoms with van der Waals surface area (Å²) in [6.07, 6.45) is 0. The van der Waals surface area contributed by atoms with E-state index in [9.17, 15) is 24.5 Å². The van der Waals surface area contributed by atoms with Crippen LogP contribution in [0.15, 0.2) is 52.9 Å². The number of anilines is 2. The molecule has 0 fully saturated rings. The molecule has 33 heavy (non-hydrogen) atoms. The van der Waals surface area contributed by atoms with Crippen LogP contribution in [0.1, 0.15) is 27.6 Å². The van der Waals surface area contributed by atoms with Gasteiger partial charge in [-0.1, -0.05) is 23.1 Å². The van der Waals surface area contributed by atoms with Crippen LogP contribution in [0.3, 0.4) is 0 Å². The molecule has 3 aromatic rings. The van der Waals surface area contributed by atoms with E-state index in [2.05, 4.69) is 20.8 Å². The van der Waals surface area contributed by atoms with Gasteiger partial charge in [-0.25, -0.2) is 4.79 Å². The topological polar surface area (TPSA) is 153 Å². The standard InChI is InChI=1S/C20H17N5O6S2/c1-2-31-18(28)13-3-7-14(8-4-13)21-16(26)11-32-20-24-23-19(33-20)22-17(27)12-5-9-15(10-6-12)25(29)30/h3-10H,2,11H2,1H3,(H,21,26)(H,22,23,27). The average Bonchev–Trinajstić information content (AvgIpc) is 3.25. The predicted molar refractivity (Wildman–Crippen MR) is 123 cm³/mol. The number of thioether (sulfide) groups is 1. The highest BCUT2D eigenvalue weighted by atomic mass is 32.2. The molecule has 2 amide bonds. The Labute approximate surface area is 195 Å². The first kappa shape index (κ1) is 23.8. The summed E-state index contributed by atoms with van der Waals surface area (Å²) in [4.78, 5) is 46.2. The van der Waals surface area contributed by atoms with Gasteiger partial charge in [0, 0.05) is 23.4 Å². The molecule has 0 unspecified atom stereocenters. The molecule has 0 bridgehead atoms. The van der Waals surface area contributed by atoms with Gasteiger partial charge >= 0.3 is 5.97 Å². The number of amides is 2. The summed E-state index contributed by atoms with van der Waals surface area (Å²) in [6, 6.07) is 11.5. The molecule has 2 aromatic carbocycles. The van der Waals surface area contributed by atoms with E-state index < -0.39 is 16.8 Å². The van der Waals surface area contributed by atoms with Gasteiger partial charge in [-0.05, 0) is 43.3 Å². The third-order valence-corrected chi connectivity index (χ3v) is 5.95. The number of nitrogens with zero attached hydrogens (tertiary/aromatic N) is 3. The Morgan fingerprint density at radius 1 is 1.03 bits per heavy atom. The van der Waals surface area contributed by atoms with Gasteiger partial charge in [-0.3, -0.25) is 25.0 Å². The zero-order valence-corrected chi connectivity index (χ0v) is 18.8. The minimum atomic E-state index is -0.551. The van der Waals surface area contributed by atoms with Crippen molar-refractivity contribution in [2.45, 2.75) is 11.3 Å². The maximum Gasteiger partial charge on any atom is 0.338 e. The molecule has 11 nitrogen and oxygen atoms in total. The molecule has 3 rings (SSSR count). The molecule has 1 aromatic heterocycles. The Morgan fingerprint density at radius 2 is 1.70 bits per heavy atom. The van der Waals surface area contributed by atoms with E-state index in [0.29, 0.717) is 15.6 Å². The number of carbonyl (C=O) groups excluding carboxylic acids is 3. The van der Waals surface area contributed by atoms with Crippen LogP contribution < -0.4 is 10.6 Å². The van der Waals surface area contributed by atoms with Crippen LogP contribution in [0.25, 0.3) is 0 Å². The van der Waals surface area contributed by atoms with Crippen molar-refractivity contribution in [3.63, 3.8) is 0 Å². The molecule has 0 aliphatic rings. The number of benzene rings is 2. The first-order chi connectivity index (χ1) is 15.9. The lowest BCUT2D eigenvalue weighted by Gasteiger charge is -2.06. The summed E-state index contributed by atoms with van der Waals surface area (Å²) >= 11 is 2.23. The number of ether oxygens (including phenoxy) is 1. The second-order valence-corrected chi connectivity index (χ2v) is 8.47. The molecule has 0 saturated carbocycles. The monoisotopic (exact) mass is 487 g/mol. The first-order valence-electron chi connectivity index (χ1n) is 9.45. The average molecular weight is 488 g/mol. The summed E-state index contributed by atoms with van der Waals surface area (Å²) < 4.78 is 5.38. The van der Waals surface area contributed by atoms with Crippen molar-refractivity contribution in [2.24, 2.45) is 0 Å². The number of nitro groups is 1. The number of non-ortho nitro benzene ring substituents is 1. The summed E-state index contributed by atoms with van der Waals surface area (Å²) in [5.74, 6) is -1.14. The number of nitrogens with one attached hydrogen (secondary N) is 2. The summed E-state index contributed by atoms with van der Waals surface area (Å²) in [7, 11) is 0. The molecule has 0 radical (unpaired) electrons. The summed E-state index contributed by atoms with van der Waals surface area (Å²) in [5.41, 5.74) is 1.04. The van der Waals surface area contributed by atoms with Gasteiger partial charge in [0.2, 0.25) is 11.0 Å². The Morgan fingerprint density at radius 3 is 2.33 bits per heavy atom. The van der Waals surface area contributed by atoms with E-state index >= 15 is 0 Å². The highest BCUT2D eigenvalue weighted by molar-refractivity contribution is 8.01. The van der Waals surface area contributed by atoms with Crippen LogP contribution in [0.2, 0.25) is 0 Å². The molecular formula is C20H17N5O6S2. The lowest BCUT2D eigenvalue weighted by Crippen LogP contribution is -2.14. The number of aromatic nitrogens is 2. The van der Waals surface area contributed by atoms with Crippen LogP contribution >= 0.6 is 23.1 Å². The third-order valence-electron chi connectivity index (χ3n) is 3.97.